The number of rotatable bonds is 2. The standard InChI is InChI=1S/C15H22FNO/c1-15(2,3)13-6-4-5-12(14(13)16)11-17-7-9-18-10-8-17/h4-6H,7-11H2,1-3H3/i7D2,8D2,9D2,10D2,11D2. The minimum atomic E-state index is -3.48. The monoisotopic (exact) mass is 261 g/mol. The zero-order chi connectivity index (χ0) is 22.1. The fraction of sp³-hybridized carbons (Fsp3) is 0.600. The quantitative estimate of drug-likeness (QED) is 0.811. The number of hydrogen-bond acceptors (Lipinski definition) is 2. The summed E-state index contributed by atoms with van der Waals surface area (Å²) in [5.41, 5.74) is -1.39. The lowest BCUT2D eigenvalue weighted by Gasteiger charge is -2.28. The van der Waals surface area contributed by atoms with Crippen molar-refractivity contribution in [1.82, 2.24) is 4.90 Å². The van der Waals surface area contributed by atoms with Crippen LogP contribution in [0.4, 0.5) is 4.39 Å². The summed E-state index contributed by atoms with van der Waals surface area (Å²) in [6.45, 7) is -12.0. The highest BCUT2D eigenvalue weighted by molar-refractivity contribution is 5.30. The van der Waals surface area contributed by atoms with Crippen LogP contribution >= 0.6 is 0 Å². The molecule has 0 spiro atoms. The molecular weight excluding hydrogens is 229 g/mol. The van der Waals surface area contributed by atoms with E-state index in [1.165, 1.54) is 12.1 Å². The molecule has 2 nitrogen and oxygen atoms in total. The van der Waals surface area contributed by atoms with Gasteiger partial charge in [-0.3, -0.25) is 4.90 Å². The first kappa shape index (κ1) is 5.59. The van der Waals surface area contributed by atoms with Crippen molar-refractivity contribution < 1.29 is 22.8 Å². The molecule has 0 saturated carbocycles. The molecule has 0 atom stereocenters. The summed E-state index contributed by atoms with van der Waals surface area (Å²) >= 11 is 0. The maximum Gasteiger partial charge on any atom is 0.131 e. The highest BCUT2D eigenvalue weighted by Crippen LogP contribution is 2.27. The molecule has 0 amide bonds. The molecule has 18 heavy (non-hydrogen) atoms. The van der Waals surface area contributed by atoms with Crippen LogP contribution in [0.3, 0.4) is 0 Å². The number of halogens is 1. The van der Waals surface area contributed by atoms with Crippen molar-refractivity contribution in [3.63, 3.8) is 0 Å². The molecule has 100 valence electrons. The maximum absolute atomic E-state index is 15.2. The fourth-order valence-corrected chi connectivity index (χ4v) is 1.56. The van der Waals surface area contributed by atoms with Crippen LogP contribution in [0, 0.1) is 5.82 Å². The average Bonchev–Trinajstić information content (AvgIpc) is 2.42. The second kappa shape index (κ2) is 5.37. The summed E-state index contributed by atoms with van der Waals surface area (Å²) < 4.78 is 99.0. The molecule has 1 aliphatic rings. The Bertz CT molecular complexity index is 749. The van der Waals surface area contributed by atoms with Gasteiger partial charge in [0.05, 0.1) is 18.6 Å². The number of nitrogens with zero attached hydrogens (tertiary/aromatic N) is 1. The first-order chi connectivity index (χ1) is 12.2. The van der Waals surface area contributed by atoms with E-state index in [-0.39, 0.29) is 10.5 Å². The largest absolute Gasteiger partial charge is 0.379 e. The second-order valence-corrected chi connectivity index (χ2v) is 4.89. The minimum absolute atomic E-state index is 0.0919. The van der Waals surface area contributed by atoms with Gasteiger partial charge in [-0.2, -0.15) is 0 Å². The topological polar surface area (TPSA) is 12.5 Å². The summed E-state index contributed by atoms with van der Waals surface area (Å²) in [6, 6.07) is 3.74. The molecule has 0 aliphatic carbocycles. The molecule has 2 rings (SSSR count). The van der Waals surface area contributed by atoms with Crippen LogP contribution in [0.2, 0.25) is 0 Å². The minimum Gasteiger partial charge on any atom is -0.379 e. The van der Waals surface area contributed by atoms with Gasteiger partial charge >= 0.3 is 0 Å². The highest BCUT2D eigenvalue weighted by Gasteiger charge is 2.21. The zero-order valence-electron chi connectivity index (χ0n) is 20.5. The maximum atomic E-state index is 15.2. The van der Waals surface area contributed by atoms with E-state index in [0.29, 0.717) is 0 Å². The molecule has 0 bridgehead atoms. The van der Waals surface area contributed by atoms with Gasteiger partial charge in [-0.1, -0.05) is 39.0 Å². The van der Waals surface area contributed by atoms with E-state index in [1.807, 2.05) is 0 Å². The molecule has 1 aliphatic heterocycles. The molecule has 0 radical (unpaired) electrons. The van der Waals surface area contributed by atoms with Crippen LogP contribution in [-0.4, -0.2) is 31.0 Å². The molecule has 1 heterocycles. The van der Waals surface area contributed by atoms with Gasteiger partial charge in [0.1, 0.15) is 5.82 Å². The van der Waals surface area contributed by atoms with Crippen molar-refractivity contribution in [2.24, 2.45) is 0 Å². The Morgan fingerprint density at radius 1 is 1.39 bits per heavy atom. The van der Waals surface area contributed by atoms with Gasteiger partial charge in [0.2, 0.25) is 0 Å². The van der Waals surface area contributed by atoms with Crippen molar-refractivity contribution in [1.29, 1.82) is 0 Å². The zero-order valence-corrected chi connectivity index (χ0v) is 10.5. The van der Waals surface area contributed by atoms with Gasteiger partial charge in [-0.15, -0.1) is 0 Å². The third kappa shape index (κ3) is 3.09. The Balaban J connectivity index is 2.79. The Kier molecular flexibility index (Phi) is 1.67. The average molecular weight is 261 g/mol. The summed E-state index contributed by atoms with van der Waals surface area (Å²) in [6.07, 6.45) is 0. The van der Waals surface area contributed by atoms with Crippen molar-refractivity contribution in [3.8, 4) is 0 Å². The van der Waals surface area contributed by atoms with Crippen LogP contribution in [0.25, 0.3) is 0 Å². The molecular formula is C15H22FNO. The number of ether oxygens (including phenoxy) is 1. The van der Waals surface area contributed by atoms with Crippen LogP contribution in [0.15, 0.2) is 18.2 Å². The summed E-state index contributed by atoms with van der Waals surface area (Å²) in [5, 5.41) is 0. The lowest BCUT2D eigenvalue weighted by molar-refractivity contribution is 0.0337. The Morgan fingerprint density at radius 2 is 2.06 bits per heavy atom. The van der Waals surface area contributed by atoms with Crippen molar-refractivity contribution in [3.05, 3.63) is 35.1 Å². The van der Waals surface area contributed by atoms with Gasteiger partial charge in [0.15, 0.2) is 0 Å². The highest BCUT2D eigenvalue weighted by atomic mass is 19.1. The summed E-state index contributed by atoms with van der Waals surface area (Å²) in [4.78, 5) is -0.263. The molecule has 1 aromatic carbocycles. The molecule has 0 unspecified atom stereocenters. The van der Waals surface area contributed by atoms with E-state index in [9.17, 15) is 0 Å². The van der Waals surface area contributed by atoms with E-state index < -0.39 is 49.4 Å². The Morgan fingerprint density at radius 3 is 2.67 bits per heavy atom. The predicted octanol–water partition coefficient (Wildman–Crippen LogP) is 2.96. The van der Waals surface area contributed by atoms with E-state index in [2.05, 4.69) is 4.74 Å². The molecule has 1 aromatic rings. The van der Waals surface area contributed by atoms with Gasteiger partial charge in [-0.05, 0) is 11.0 Å². The molecule has 0 aromatic heterocycles. The van der Waals surface area contributed by atoms with E-state index in [1.54, 1.807) is 20.8 Å². The van der Waals surface area contributed by atoms with Crippen molar-refractivity contribution in [2.75, 3.05) is 26.1 Å². The molecule has 1 saturated heterocycles. The van der Waals surface area contributed by atoms with Crippen LogP contribution in [0.1, 0.15) is 45.6 Å². The first-order valence-corrected chi connectivity index (χ1v) is 5.51. The van der Waals surface area contributed by atoms with E-state index in [4.69, 9.17) is 13.7 Å². The first-order valence-electron chi connectivity index (χ1n) is 10.5. The van der Waals surface area contributed by atoms with Gasteiger partial charge in [-0.25, -0.2) is 4.39 Å². The molecule has 0 N–H and O–H groups in total. The summed E-state index contributed by atoms with van der Waals surface area (Å²) in [5.74, 6) is -1.04. The Hall–Kier alpha value is -0.930. The van der Waals surface area contributed by atoms with Crippen LogP contribution < -0.4 is 0 Å². The van der Waals surface area contributed by atoms with Crippen LogP contribution in [-0.2, 0) is 16.6 Å². The lowest BCUT2D eigenvalue weighted by Crippen LogP contribution is -2.36. The predicted molar refractivity (Wildman–Crippen MR) is 71.2 cm³/mol. The smallest absolute Gasteiger partial charge is 0.131 e. The second-order valence-electron chi connectivity index (χ2n) is 4.89. The van der Waals surface area contributed by atoms with Gasteiger partial charge in [0, 0.05) is 33.3 Å². The van der Waals surface area contributed by atoms with Crippen molar-refractivity contribution >= 4 is 0 Å². The van der Waals surface area contributed by atoms with Gasteiger partial charge in [0.25, 0.3) is 0 Å². The fourth-order valence-electron chi connectivity index (χ4n) is 1.56. The van der Waals surface area contributed by atoms with Gasteiger partial charge < -0.3 is 4.74 Å². The van der Waals surface area contributed by atoms with E-state index >= 15 is 4.39 Å². The number of hydrogen-bond donors (Lipinski definition) is 0. The normalized spacial score (nSPS) is 38.2. The summed E-state index contributed by atoms with van der Waals surface area (Å²) in [7, 11) is 0. The molecule has 3 heteroatoms. The third-order valence-electron chi connectivity index (χ3n) is 2.46. The third-order valence-corrected chi connectivity index (χ3v) is 2.46. The SMILES string of the molecule is [2H]C([2H])(c1cccc(C(C)(C)C)c1F)N1C([2H])([2H])C([2H])([2H])OC([2H])([2H])C1([2H])[2H]. The Labute approximate surface area is 123 Å². The molecule has 1 fully saturated rings. The lowest BCUT2D eigenvalue weighted by atomic mass is 9.85. The number of benzene rings is 1. The van der Waals surface area contributed by atoms with Crippen LogP contribution in [0.5, 0.6) is 0 Å². The van der Waals surface area contributed by atoms with E-state index in [0.717, 1.165) is 6.07 Å². The number of morpholine rings is 1. The van der Waals surface area contributed by atoms with Crippen molar-refractivity contribution in [2.45, 2.75) is 32.7 Å².